The molecule has 6 nitrogen and oxygen atoms in total. The van der Waals surface area contributed by atoms with Gasteiger partial charge >= 0.3 is 0 Å². The van der Waals surface area contributed by atoms with Gasteiger partial charge in [-0.25, -0.2) is 0 Å². The zero-order chi connectivity index (χ0) is 14.2. The summed E-state index contributed by atoms with van der Waals surface area (Å²) in [6.07, 6.45) is 8.71. The van der Waals surface area contributed by atoms with E-state index < -0.39 is 0 Å². The van der Waals surface area contributed by atoms with Crippen LogP contribution in [0.4, 0.5) is 0 Å². The highest BCUT2D eigenvalue weighted by atomic mass is 16.2. The standard InChI is InChI=1S/C14H19N5O/c1-2-3-9-18(11-13-5-4-6-15-10-13)14(20)12-19-16-7-8-17-19/h4-8,10H,2-3,9,11-12H2,1H3. The molecule has 2 aromatic rings. The number of pyridine rings is 1. The van der Waals surface area contributed by atoms with Gasteiger partial charge in [0, 0.05) is 25.5 Å². The number of nitrogens with zero attached hydrogens (tertiary/aromatic N) is 5. The van der Waals surface area contributed by atoms with Gasteiger partial charge in [0.25, 0.3) is 0 Å². The van der Waals surface area contributed by atoms with E-state index in [2.05, 4.69) is 22.1 Å². The maximum Gasteiger partial charge on any atom is 0.246 e. The molecule has 2 heterocycles. The van der Waals surface area contributed by atoms with Gasteiger partial charge in [-0.15, -0.1) is 0 Å². The summed E-state index contributed by atoms with van der Waals surface area (Å²) >= 11 is 0. The molecule has 0 aliphatic rings. The Morgan fingerprint density at radius 3 is 2.75 bits per heavy atom. The lowest BCUT2D eigenvalue weighted by molar-refractivity contribution is -0.133. The van der Waals surface area contributed by atoms with Crippen molar-refractivity contribution in [3.8, 4) is 0 Å². The Bertz CT molecular complexity index is 512. The maximum atomic E-state index is 12.3. The predicted octanol–water partition coefficient (Wildman–Crippen LogP) is 1.50. The van der Waals surface area contributed by atoms with Gasteiger partial charge in [0.2, 0.25) is 5.91 Å². The van der Waals surface area contributed by atoms with Crippen molar-refractivity contribution in [2.45, 2.75) is 32.9 Å². The molecule has 106 valence electrons. The minimum absolute atomic E-state index is 0.0264. The van der Waals surface area contributed by atoms with E-state index in [4.69, 9.17) is 0 Å². The van der Waals surface area contributed by atoms with Crippen molar-refractivity contribution in [2.24, 2.45) is 0 Å². The largest absolute Gasteiger partial charge is 0.337 e. The molecule has 1 amide bonds. The van der Waals surface area contributed by atoms with E-state index in [1.807, 2.05) is 17.0 Å². The molecule has 0 aliphatic heterocycles. The molecule has 2 aromatic heterocycles. The molecule has 0 bridgehead atoms. The molecule has 0 atom stereocenters. The first kappa shape index (κ1) is 14.2. The summed E-state index contributed by atoms with van der Waals surface area (Å²) in [5.41, 5.74) is 1.03. The Morgan fingerprint density at radius 2 is 2.10 bits per heavy atom. The van der Waals surface area contributed by atoms with Crippen molar-refractivity contribution in [3.05, 3.63) is 42.5 Å². The van der Waals surface area contributed by atoms with Crippen LogP contribution in [0.25, 0.3) is 0 Å². The van der Waals surface area contributed by atoms with Crippen molar-refractivity contribution >= 4 is 5.91 Å². The van der Waals surface area contributed by atoms with E-state index >= 15 is 0 Å². The minimum Gasteiger partial charge on any atom is -0.337 e. The summed E-state index contributed by atoms with van der Waals surface area (Å²) < 4.78 is 0. The number of aromatic nitrogens is 4. The Hall–Kier alpha value is -2.24. The average Bonchev–Trinajstić information content (AvgIpc) is 2.97. The number of hydrogen-bond donors (Lipinski definition) is 0. The fourth-order valence-electron chi connectivity index (χ4n) is 1.90. The highest BCUT2D eigenvalue weighted by Crippen LogP contribution is 2.06. The highest BCUT2D eigenvalue weighted by Gasteiger charge is 2.14. The summed E-state index contributed by atoms with van der Waals surface area (Å²) in [7, 11) is 0. The first-order chi connectivity index (χ1) is 9.79. The molecule has 0 fully saturated rings. The van der Waals surface area contributed by atoms with Crippen LogP contribution in [0.2, 0.25) is 0 Å². The number of carbonyl (C=O) groups excluding carboxylic acids is 1. The second-order valence-corrected chi connectivity index (χ2v) is 4.59. The molecule has 0 radical (unpaired) electrons. The summed E-state index contributed by atoms with van der Waals surface area (Å²) in [5, 5.41) is 7.94. The SMILES string of the molecule is CCCCN(Cc1cccnc1)C(=O)Cn1nccn1. The van der Waals surface area contributed by atoms with E-state index in [0.29, 0.717) is 6.54 Å². The second kappa shape index (κ2) is 7.37. The Balaban J connectivity index is 2.00. The van der Waals surface area contributed by atoms with Gasteiger partial charge in [0.05, 0.1) is 12.4 Å². The lowest BCUT2D eigenvalue weighted by Crippen LogP contribution is -2.34. The third-order valence-corrected chi connectivity index (χ3v) is 2.97. The minimum atomic E-state index is 0.0264. The van der Waals surface area contributed by atoms with Gasteiger partial charge in [-0.1, -0.05) is 19.4 Å². The molecular weight excluding hydrogens is 254 g/mol. The van der Waals surface area contributed by atoms with Crippen molar-refractivity contribution in [1.82, 2.24) is 24.9 Å². The molecule has 0 aromatic carbocycles. The molecule has 20 heavy (non-hydrogen) atoms. The first-order valence-electron chi connectivity index (χ1n) is 6.80. The molecule has 0 N–H and O–H groups in total. The predicted molar refractivity (Wildman–Crippen MR) is 74.6 cm³/mol. The van der Waals surface area contributed by atoms with E-state index in [9.17, 15) is 4.79 Å². The molecule has 0 aliphatic carbocycles. The summed E-state index contributed by atoms with van der Waals surface area (Å²) in [5.74, 6) is 0.0264. The van der Waals surface area contributed by atoms with Gasteiger partial charge in [0.15, 0.2) is 0 Å². The number of rotatable bonds is 7. The lowest BCUT2D eigenvalue weighted by atomic mass is 10.2. The topological polar surface area (TPSA) is 63.9 Å². The van der Waals surface area contributed by atoms with E-state index in [0.717, 1.165) is 24.9 Å². The number of carbonyl (C=O) groups is 1. The van der Waals surface area contributed by atoms with E-state index in [1.165, 1.54) is 4.80 Å². The molecular formula is C14H19N5O. The molecule has 0 unspecified atom stereocenters. The monoisotopic (exact) mass is 273 g/mol. The van der Waals surface area contributed by atoms with Crippen molar-refractivity contribution in [1.29, 1.82) is 0 Å². The highest BCUT2D eigenvalue weighted by molar-refractivity contribution is 5.75. The van der Waals surface area contributed by atoms with Crippen LogP contribution in [-0.2, 0) is 17.9 Å². The van der Waals surface area contributed by atoms with Crippen LogP contribution in [0.1, 0.15) is 25.3 Å². The normalized spacial score (nSPS) is 10.4. The Labute approximate surface area is 118 Å². The number of amides is 1. The van der Waals surface area contributed by atoms with Crippen LogP contribution >= 0.6 is 0 Å². The van der Waals surface area contributed by atoms with Crippen LogP contribution in [0.5, 0.6) is 0 Å². The van der Waals surface area contributed by atoms with Crippen LogP contribution in [-0.4, -0.2) is 37.3 Å². The molecule has 0 saturated heterocycles. The van der Waals surface area contributed by atoms with Gasteiger partial charge in [-0.05, 0) is 18.1 Å². The Morgan fingerprint density at radius 1 is 1.30 bits per heavy atom. The number of hydrogen-bond acceptors (Lipinski definition) is 4. The smallest absolute Gasteiger partial charge is 0.246 e. The second-order valence-electron chi connectivity index (χ2n) is 4.59. The van der Waals surface area contributed by atoms with Crippen LogP contribution < -0.4 is 0 Å². The zero-order valence-corrected chi connectivity index (χ0v) is 11.6. The average molecular weight is 273 g/mol. The number of unbranched alkanes of at least 4 members (excludes halogenated alkanes) is 1. The van der Waals surface area contributed by atoms with Gasteiger partial charge in [-0.3, -0.25) is 9.78 Å². The van der Waals surface area contributed by atoms with Gasteiger partial charge in [-0.2, -0.15) is 15.0 Å². The van der Waals surface area contributed by atoms with Crippen molar-refractivity contribution in [3.63, 3.8) is 0 Å². The zero-order valence-electron chi connectivity index (χ0n) is 11.6. The molecule has 0 spiro atoms. The lowest BCUT2D eigenvalue weighted by Gasteiger charge is -2.22. The molecule has 2 rings (SSSR count). The van der Waals surface area contributed by atoms with E-state index in [-0.39, 0.29) is 12.5 Å². The quantitative estimate of drug-likeness (QED) is 0.767. The fourth-order valence-corrected chi connectivity index (χ4v) is 1.90. The third-order valence-electron chi connectivity index (χ3n) is 2.97. The van der Waals surface area contributed by atoms with Crippen LogP contribution in [0.15, 0.2) is 36.9 Å². The Kier molecular flexibility index (Phi) is 5.23. The summed E-state index contributed by atoms with van der Waals surface area (Å²) in [6, 6.07) is 3.86. The van der Waals surface area contributed by atoms with Gasteiger partial charge < -0.3 is 4.90 Å². The van der Waals surface area contributed by atoms with Crippen LogP contribution in [0, 0.1) is 0 Å². The molecule has 0 saturated carbocycles. The third kappa shape index (κ3) is 4.15. The summed E-state index contributed by atoms with van der Waals surface area (Å²) in [4.78, 5) is 19.7. The van der Waals surface area contributed by atoms with E-state index in [1.54, 1.807) is 24.8 Å². The van der Waals surface area contributed by atoms with Gasteiger partial charge in [0.1, 0.15) is 6.54 Å². The first-order valence-corrected chi connectivity index (χ1v) is 6.80. The molecule has 6 heteroatoms. The summed E-state index contributed by atoms with van der Waals surface area (Å²) in [6.45, 7) is 3.61. The van der Waals surface area contributed by atoms with Crippen molar-refractivity contribution in [2.75, 3.05) is 6.54 Å². The van der Waals surface area contributed by atoms with Crippen molar-refractivity contribution < 1.29 is 4.79 Å². The van der Waals surface area contributed by atoms with Crippen LogP contribution in [0.3, 0.4) is 0 Å². The fraction of sp³-hybridized carbons (Fsp3) is 0.429. The maximum absolute atomic E-state index is 12.3.